The van der Waals surface area contributed by atoms with E-state index in [9.17, 15) is 13.2 Å². The van der Waals surface area contributed by atoms with Crippen molar-refractivity contribution in [3.63, 3.8) is 0 Å². The molecule has 3 nitrogen and oxygen atoms in total. The van der Waals surface area contributed by atoms with Crippen molar-refractivity contribution in [2.45, 2.75) is 6.18 Å². The van der Waals surface area contributed by atoms with Crippen LogP contribution in [-0.2, 0) is 6.18 Å². The summed E-state index contributed by atoms with van der Waals surface area (Å²) in [4.78, 5) is 3.35. The van der Waals surface area contributed by atoms with Crippen LogP contribution in [0.3, 0.4) is 0 Å². The zero-order valence-corrected chi connectivity index (χ0v) is 6.28. The number of hydrogen-bond donors (Lipinski definition) is 2. The Balaban J connectivity index is 3.06. The number of hydrogen-bond acceptors (Lipinski definition) is 3. The molecule has 0 bridgehead atoms. The van der Waals surface area contributed by atoms with E-state index in [1.165, 1.54) is 0 Å². The van der Waals surface area contributed by atoms with E-state index in [0.717, 1.165) is 12.3 Å². The minimum atomic E-state index is -4.49. The Bertz CT molecular complexity index is 302. The first kappa shape index (κ1) is 10.0. The molecule has 0 aromatic carbocycles. The molecule has 0 spiro atoms. The number of rotatable bonds is 1. The highest BCUT2D eigenvalue weighted by Crippen LogP contribution is 2.27. The fourth-order valence-corrected chi connectivity index (χ4v) is 0.766. The number of nitrogens with zero attached hydrogens (tertiary/aromatic N) is 1. The van der Waals surface area contributed by atoms with Gasteiger partial charge in [-0.3, -0.25) is 4.98 Å². The largest absolute Gasteiger partial charge is 0.508 e. The minimum absolute atomic E-state index is 0.421. The van der Waals surface area contributed by atoms with E-state index in [-0.39, 0.29) is 0 Å². The zero-order chi connectivity index (χ0) is 10.1. The van der Waals surface area contributed by atoms with E-state index in [1.807, 2.05) is 0 Å². The van der Waals surface area contributed by atoms with Crippen molar-refractivity contribution in [2.24, 2.45) is 0 Å². The van der Waals surface area contributed by atoms with Crippen molar-refractivity contribution in [2.75, 3.05) is 0 Å². The summed E-state index contributed by atoms with van der Waals surface area (Å²) < 4.78 is 36.1. The fourth-order valence-electron chi connectivity index (χ4n) is 0.766. The molecule has 0 amide bonds. The molecule has 1 aromatic heterocycles. The van der Waals surface area contributed by atoms with Crippen LogP contribution in [-0.4, -0.2) is 22.2 Å². The summed E-state index contributed by atoms with van der Waals surface area (Å²) in [5.74, 6) is 0. The summed E-state index contributed by atoms with van der Waals surface area (Å²) in [6, 6.07) is 1.34. The summed E-state index contributed by atoms with van der Waals surface area (Å²) in [6.07, 6.45) is -3.62. The zero-order valence-electron chi connectivity index (χ0n) is 6.28. The van der Waals surface area contributed by atoms with Gasteiger partial charge in [-0.25, -0.2) is 0 Å². The second kappa shape index (κ2) is 3.35. The Kier molecular flexibility index (Phi) is 2.58. The van der Waals surface area contributed by atoms with Crippen LogP contribution >= 0.6 is 0 Å². The van der Waals surface area contributed by atoms with Gasteiger partial charge in [-0.15, -0.1) is 0 Å². The van der Waals surface area contributed by atoms with Gasteiger partial charge >= 0.3 is 13.3 Å². The van der Waals surface area contributed by atoms with Gasteiger partial charge in [0.25, 0.3) is 0 Å². The van der Waals surface area contributed by atoms with Gasteiger partial charge < -0.3 is 10.0 Å². The van der Waals surface area contributed by atoms with Crippen LogP contribution in [0.4, 0.5) is 13.2 Å². The molecule has 0 fully saturated rings. The second-order valence-corrected chi connectivity index (χ2v) is 2.34. The maximum absolute atomic E-state index is 12.0. The molecule has 0 aliphatic heterocycles. The Morgan fingerprint density at radius 2 is 1.92 bits per heavy atom. The molecule has 7 heteroatoms. The Morgan fingerprint density at radius 1 is 1.31 bits per heavy atom. The average molecular weight is 191 g/mol. The third-order valence-corrected chi connectivity index (χ3v) is 1.37. The molecule has 1 heterocycles. The topological polar surface area (TPSA) is 53.4 Å². The van der Waals surface area contributed by atoms with Crippen LogP contribution in [0, 0.1) is 0 Å². The lowest BCUT2D eigenvalue weighted by atomic mass is 9.85. The molecule has 0 saturated carbocycles. The molecule has 13 heavy (non-hydrogen) atoms. The molecule has 0 saturated heterocycles. The van der Waals surface area contributed by atoms with Crippen molar-refractivity contribution in [1.82, 2.24) is 4.98 Å². The predicted octanol–water partition coefficient (Wildman–Crippen LogP) is -0.220. The number of halogens is 3. The second-order valence-electron chi connectivity index (χ2n) is 2.34. The standard InChI is InChI=1S/C6H5BF3NO2/c8-6(9,10)4-1-2-11-5(3-4)7(12)13/h1-3,12-13H. The van der Waals surface area contributed by atoms with Gasteiger partial charge in [0, 0.05) is 6.20 Å². The smallest absolute Gasteiger partial charge is 0.422 e. The van der Waals surface area contributed by atoms with Gasteiger partial charge in [-0.05, 0) is 12.1 Å². The minimum Gasteiger partial charge on any atom is -0.422 e. The number of alkyl halides is 3. The fraction of sp³-hybridized carbons (Fsp3) is 0.167. The van der Waals surface area contributed by atoms with E-state index in [1.54, 1.807) is 0 Å². The summed E-state index contributed by atoms with van der Waals surface area (Å²) in [7, 11) is -1.98. The van der Waals surface area contributed by atoms with Crippen molar-refractivity contribution in [1.29, 1.82) is 0 Å². The van der Waals surface area contributed by atoms with Crippen molar-refractivity contribution >= 4 is 12.7 Å². The predicted molar refractivity (Wildman–Crippen MR) is 39.1 cm³/mol. The van der Waals surface area contributed by atoms with E-state index in [0.29, 0.717) is 6.07 Å². The molecule has 0 aliphatic carbocycles. The summed E-state index contributed by atoms with van der Waals surface area (Å²) in [5.41, 5.74) is -1.37. The highest BCUT2D eigenvalue weighted by atomic mass is 19.4. The van der Waals surface area contributed by atoms with Gasteiger partial charge in [-0.1, -0.05) is 0 Å². The number of aromatic nitrogens is 1. The van der Waals surface area contributed by atoms with Gasteiger partial charge in [0.1, 0.15) is 0 Å². The van der Waals surface area contributed by atoms with Gasteiger partial charge in [-0.2, -0.15) is 13.2 Å². The van der Waals surface area contributed by atoms with E-state index in [4.69, 9.17) is 10.0 Å². The lowest BCUT2D eigenvalue weighted by Gasteiger charge is -2.06. The molecule has 1 rings (SSSR count). The highest BCUT2D eigenvalue weighted by Gasteiger charge is 2.31. The molecular weight excluding hydrogens is 186 g/mol. The number of pyridine rings is 1. The third-order valence-electron chi connectivity index (χ3n) is 1.37. The van der Waals surface area contributed by atoms with Crippen LogP contribution in [0.2, 0.25) is 0 Å². The van der Waals surface area contributed by atoms with Crippen molar-refractivity contribution < 1.29 is 23.2 Å². The van der Waals surface area contributed by atoms with E-state index < -0.39 is 24.5 Å². The first-order valence-corrected chi connectivity index (χ1v) is 3.30. The van der Waals surface area contributed by atoms with Crippen molar-refractivity contribution in [3.05, 3.63) is 23.9 Å². The Labute approximate surface area is 72.0 Å². The average Bonchev–Trinajstić information content (AvgIpc) is 2.03. The van der Waals surface area contributed by atoms with Crippen LogP contribution < -0.4 is 5.59 Å². The SMILES string of the molecule is OB(O)c1cc(C(F)(F)F)ccn1. The lowest BCUT2D eigenvalue weighted by molar-refractivity contribution is -0.137. The highest BCUT2D eigenvalue weighted by molar-refractivity contribution is 6.57. The Morgan fingerprint density at radius 3 is 2.38 bits per heavy atom. The molecule has 2 N–H and O–H groups in total. The lowest BCUT2D eigenvalue weighted by Crippen LogP contribution is -2.33. The van der Waals surface area contributed by atoms with E-state index >= 15 is 0 Å². The summed E-state index contributed by atoms with van der Waals surface area (Å²) >= 11 is 0. The maximum Gasteiger partial charge on any atom is 0.508 e. The maximum atomic E-state index is 12.0. The molecule has 1 aromatic rings. The van der Waals surface area contributed by atoms with Gasteiger partial charge in [0.2, 0.25) is 0 Å². The van der Waals surface area contributed by atoms with Crippen molar-refractivity contribution in [3.8, 4) is 0 Å². The van der Waals surface area contributed by atoms with Crippen LogP contribution in [0.5, 0.6) is 0 Å². The summed E-state index contributed by atoms with van der Waals surface area (Å²) in [5, 5.41) is 17.1. The van der Waals surface area contributed by atoms with Gasteiger partial charge in [0.15, 0.2) is 0 Å². The van der Waals surface area contributed by atoms with Gasteiger partial charge in [0.05, 0.1) is 11.2 Å². The summed E-state index contributed by atoms with van der Waals surface area (Å²) in [6.45, 7) is 0. The molecule has 0 radical (unpaired) electrons. The first-order chi connectivity index (χ1) is 5.91. The van der Waals surface area contributed by atoms with Crippen LogP contribution in [0.25, 0.3) is 0 Å². The van der Waals surface area contributed by atoms with Crippen LogP contribution in [0.1, 0.15) is 5.56 Å². The monoisotopic (exact) mass is 191 g/mol. The quantitative estimate of drug-likeness (QED) is 0.603. The van der Waals surface area contributed by atoms with Crippen LogP contribution in [0.15, 0.2) is 18.3 Å². The first-order valence-electron chi connectivity index (χ1n) is 3.30. The third kappa shape index (κ3) is 2.43. The van der Waals surface area contributed by atoms with E-state index in [2.05, 4.69) is 4.98 Å². The molecule has 0 aliphatic rings. The normalized spacial score (nSPS) is 11.5. The molecule has 0 atom stereocenters. The molecule has 70 valence electrons. The Hall–Kier alpha value is -1.08. The molecular formula is C6H5BF3NO2. The molecule has 0 unspecified atom stereocenters.